The Morgan fingerprint density at radius 1 is 1.05 bits per heavy atom. The summed E-state index contributed by atoms with van der Waals surface area (Å²) in [4.78, 5) is 28.3. The van der Waals surface area contributed by atoms with Gasteiger partial charge in [0.2, 0.25) is 5.91 Å². The van der Waals surface area contributed by atoms with Crippen LogP contribution in [0.4, 0.5) is 0 Å². The lowest BCUT2D eigenvalue weighted by atomic mass is 9.91. The molecule has 0 aliphatic carbocycles. The van der Waals surface area contributed by atoms with Crippen molar-refractivity contribution >= 4 is 24.2 Å². The van der Waals surface area contributed by atoms with Gasteiger partial charge in [-0.05, 0) is 26.0 Å². The maximum Gasteiger partial charge on any atom is 0.253 e. The van der Waals surface area contributed by atoms with Crippen LogP contribution in [0.5, 0.6) is 0 Å². The van der Waals surface area contributed by atoms with Crippen molar-refractivity contribution in [2.75, 3.05) is 32.7 Å². The Hall–Kier alpha value is -1.59. The highest BCUT2D eigenvalue weighted by atomic mass is 35.5. The summed E-state index contributed by atoms with van der Waals surface area (Å²) in [6, 6.07) is 9.24. The van der Waals surface area contributed by atoms with E-state index < -0.39 is 5.41 Å². The monoisotopic (exact) mass is 325 g/mol. The maximum absolute atomic E-state index is 12.3. The van der Waals surface area contributed by atoms with Gasteiger partial charge in [0, 0.05) is 38.3 Å². The summed E-state index contributed by atoms with van der Waals surface area (Å²) in [5.41, 5.74) is 5.81. The van der Waals surface area contributed by atoms with Gasteiger partial charge in [-0.1, -0.05) is 18.2 Å². The molecule has 122 valence electrons. The Morgan fingerprint density at radius 2 is 1.55 bits per heavy atom. The maximum atomic E-state index is 12.3. The molecule has 6 heteroatoms. The number of nitrogens with zero attached hydrogens (tertiary/aromatic N) is 2. The molecule has 0 spiro atoms. The molecule has 1 aliphatic rings. The van der Waals surface area contributed by atoms with Gasteiger partial charge < -0.3 is 15.5 Å². The van der Waals surface area contributed by atoms with Gasteiger partial charge in [0.05, 0.1) is 5.41 Å². The molecule has 0 saturated carbocycles. The van der Waals surface area contributed by atoms with Crippen LogP contribution < -0.4 is 5.73 Å². The summed E-state index contributed by atoms with van der Waals surface area (Å²) in [6.07, 6.45) is 0. The summed E-state index contributed by atoms with van der Waals surface area (Å²) in [5.74, 6) is 0.0950. The van der Waals surface area contributed by atoms with Gasteiger partial charge >= 0.3 is 0 Å². The quantitative estimate of drug-likeness (QED) is 0.913. The summed E-state index contributed by atoms with van der Waals surface area (Å²) in [6.45, 7) is 6.32. The third-order valence-corrected chi connectivity index (χ3v) is 3.96. The van der Waals surface area contributed by atoms with Gasteiger partial charge in [0.15, 0.2) is 0 Å². The molecular formula is C16H24ClN3O2. The van der Waals surface area contributed by atoms with Crippen molar-refractivity contribution in [1.29, 1.82) is 0 Å². The van der Waals surface area contributed by atoms with Crippen LogP contribution in [0.15, 0.2) is 30.3 Å². The van der Waals surface area contributed by atoms with Gasteiger partial charge in [-0.2, -0.15) is 0 Å². The number of halogens is 1. The van der Waals surface area contributed by atoms with Crippen molar-refractivity contribution in [3.63, 3.8) is 0 Å². The predicted molar refractivity (Wildman–Crippen MR) is 89.0 cm³/mol. The smallest absolute Gasteiger partial charge is 0.253 e. The van der Waals surface area contributed by atoms with E-state index >= 15 is 0 Å². The average molecular weight is 326 g/mol. The molecule has 2 N–H and O–H groups in total. The largest absolute Gasteiger partial charge is 0.339 e. The predicted octanol–water partition coefficient (Wildman–Crippen LogP) is 1.38. The zero-order valence-electron chi connectivity index (χ0n) is 13.1. The summed E-state index contributed by atoms with van der Waals surface area (Å²) in [5, 5.41) is 0. The number of nitrogens with two attached hydrogens (primary N) is 1. The minimum absolute atomic E-state index is 0. The second-order valence-corrected chi connectivity index (χ2v) is 6.04. The van der Waals surface area contributed by atoms with Crippen molar-refractivity contribution in [1.82, 2.24) is 9.80 Å². The first kappa shape index (κ1) is 18.5. The first-order chi connectivity index (χ1) is 9.95. The van der Waals surface area contributed by atoms with E-state index in [0.29, 0.717) is 38.3 Å². The number of carbonyl (C=O) groups excluding carboxylic acids is 2. The molecule has 2 amide bonds. The minimum Gasteiger partial charge on any atom is -0.339 e. The SMILES string of the molecule is CC(C)(CN)C(=O)N1CCN(C(=O)c2ccccc2)CC1.Cl. The molecule has 0 bridgehead atoms. The lowest BCUT2D eigenvalue weighted by Gasteiger charge is -2.38. The number of amides is 2. The molecule has 1 aromatic carbocycles. The minimum atomic E-state index is -0.536. The molecule has 1 aromatic rings. The van der Waals surface area contributed by atoms with E-state index in [9.17, 15) is 9.59 Å². The average Bonchev–Trinajstić information content (AvgIpc) is 2.54. The molecule has 5 nitrogen and oxygen atoms in total. The third-order valence-electron chi connectivity index (χ3n) is 3.96. The molecule has 1 aliphatic heterocycles. The molecule has 2 rings (SSSR count). The normalized spacial score (nSPS) is 15.2. The Morgan fingerprint density at radius 3 is 2.05 bits per heavy atom. The summed E-state index contributed by atoms with van der Waals surface area (Å²) < 4.78 is 0. The highest BCUT2D eigenvalue weighted by Gasteiger charge is 2.33. The van der Waals surface area contributed by atoms with E-state index in [1.54, 1.807) is 4.90 Å². The lowest BCUT2D eigenvalue weighted by molar-refractivity contribution is -0.141. The van der Waals surface area contributed by atoms with Crippen LogP contribution >= 0.6 is 12.4 Å². The Labute approximate surface area is 137 Å². The molecule has 0 unspecified atom stereocenters. The topological polar surface area (TPSA) is 66.6 Å². The van der Waals surface area contributed by atoms with Gasteiger partial charge in [0.25, 0.3) is 5.91 Å². The van der Waals surface area contributed by atoms with Gasteiger partial charge in [-0.3, -0.25) is 9.59 Å². The molecule has 0 aromatic heterocycles. The van der Waals surface area contributed by atoms with E-state index in [-0.39, 0.29) is 24.2 Å². The number of hydrogen-bond acceptors (Lipinski definition) is 3. The van der Waals surface area contributed by atoms with Crippen LogP contribution in [-0.4, -0.2) is 54.3 Å². The van der Waals surface area contributed by atoms with E-state index in [4.69, 9.17) is 5.73 Å². The van der Waals surface area contributed by atoms with Crippen molar-refractivity contribution in [3.8, 4) is 0 Å². The first-order valence-electron chi connectivity index (χ1n) is 7.29. The lowest BCUT2D eigenvalue weighted by Crippen LogP contribution is -2.54. The second-order valence-electron chi connectivity index (χ2n) is 6.04. The number of benzene rings is 1. The van der Waals surface area contributed by atoms with Crippen molar-refractivity contribution in [2.45, 2.75) is 13.8 Å². The van der Waals surface area contributed by atoms with Crippen LogP contribution in [0.3, 0.4) is 0 Å². The summed E-state index contributed by atoms with van der Waals surface area (Å²) >= 11 is 0. The number of rotatable bonds is 3. The van der Waals surface area contributed by atoms with Crippen LogP contribution in [0, 0.1) is 5.41 Å². The fourth-order valence-electron chi connectivity index (χ4n) is 2.39. The third kappa shape index (κ3) is 3.99. The van der Waals surface area contributed by atoms with Gasteiger partial charge in [0.1, 0.15) is 0 Å². The standard InChI is InChI=1S/C16H23N3O2.ClH/c1-16(2,12-17)15(21)19-10-8-18(9-11-19)14(20)13-6-4-3-5-7-13;/h3-7H,8-12,17H2,1-2H3;1H. The summed E-state index contributed by atoms with van der Waals surface area (Å²) in [7, 11) is 0. The molecule has 1 heterocycles. The molecule has 0 radical (unpaired) electrons. The second kappa shape index (κ2) is 7.61. The van der Waals surface area contributed by atoms with Crippen molar-refractivity contribution < 1.29 is 9.59 Å². The fraction of sp³-hybridized carbons (Fsp3) is 0.500. The Kier molecular flexibility index (Phi) is 6.38. The molecule has 0 atom stereocenters. The number of hydrogen-bond donors (Lipinski definition) is 1. The Balaban J connectivity index is 0.00000242. The molecule has 1 fully saturated rings. The first-order valence-corrected chi connectivity index (χ1v) is 7.29. The fourth-order valence-corrected chi connectivity index (χ4v) is 2.39. The zero-order chi connectivity index (χ0) is 15.5. The molecular weight excluding hydrogens is 302 g/mol. The van der Waals surface area contributed by atoms with Gasteiger partial charge in [-0.25, -0.2) is 0 Å². The number of carbonyl (C=O) groups is 2. The van der Waals surface area contributed by atoms with E-state index in [1.165, 1.54) is 0 Å². The van der Waals surface area contributed by atoms with Gasteiger partial charge in [-0.15, -0.1) is 12.4 Å². The van der Waals surface area contributed by atoms with E-state index in [2.05, 4.69) is 0 Å². The zero-order valence-corrected chi connectivity index (χ0v) is 13.9. The Bertz CT molecular complexity index is 511. The van der Waals surface area contributed by atoms with Crippen LogP contribution in [0.25, 0.3) is 0 Å². The van der Waals surface area contributed by atoms with Crippen LogP contribution in [0.2, 0.25) is 0 Å². The highest BCUT2D eigenvalue weighted by molar-refractivity contribution is 5.94. The van der Waals surface area contributed by atoms with E-state index in [1.807, 2.05) is 49.1 Å². The van der Waals surface area contributed by atoms with E-state index in [0.717, 1.165) is 0 Å². The van der Waals surface area contributed by atoms with Crippen molar-refractivity contribution in [3.05, 3.63) is 35.9 Å². The number of piperazine rings is 1. The molecule has 1 saturated heterocycles. The highest BCUT2D eigenvalue weighted by Crippen LogP contribution is 2.19. The van der Waals surface area contributed by atoms with Crippen molar-refractivity contribution in [2.24, 2.45) is 11.1 Å². The van der Waals surface area contributed by atoms with Crippen LogP contribution in [0.1, 0.15) is 24.2 Å². The molecule has 22 heavy (non-hydrogen) atoms. The van der Waals surface area contributed by atoms with Crippen LogP contribution in [-0.2, 0) is 4.79 Å².